The van der Waals surface area contributed by atoms with E-state index >= 15 is 0 Å². The highest BCUT2D eigenvalue weighted by atomic mass is 16.2. The van der Waals surface area contributed by atoms with E-state index in [4.69, 9.17) is 5.26 Å². The van der Waals surface area contributed by atoms with Gasteiger partial charge in [-0.15, -0.1) is 0 Å². The Hall–Kier alpha value is -1.87. The summed E-state index contributed by atoms with van der Waals surface area (Å²) in [6.07, 6.45) is 1.72. The minimum Gasteiger partial charge on any atom is -0.319 e. The van der Waals surface area contributed by atoms with Crippen molar-refractivity contribution in [3.63, 3.8) is 0 Å². The monoisotopic (exact) mass is 219 g/mol. The first-order valence-corrected chi connectivity index (χ1v) is 5.13. The normalized spacial score (nSPS) is 20.5. The molecule has 2 heterocycles. The zero-order valence-corrected chi connectivity index (χ0v) is 9.05. The van der Waals surface area contributed by atoms with Crippen molar-refractivity contribution in [3.05, 3.63) is 18.0 Å². The van der Waals surface area contributed by atoms with Crippen LogP contribution in [0.4, 0.5) is 0 Å². The molecule has 0 aromatic carbocycles. The highest BCUT2D eigenvalue weighted by molar-refractivity contribution is 5.92. The van der Waals surface area contributed by atoms with Crippen molar-refractivity contribution in [2.24, 2.45) is 7.05 Å². The van der Waals surface area contributed by atoms with Gasteiger partial charge < -0.3 is 10.2 Å². The molecule has 0 aliphatic carbocycles. The highest BCUT2D eigenvalue weighted by Gasteiger charge is 2.28. The molecule has 1 N–H and O–H groups in total. The predicted octanol–water partition coefficient (Wildman–Crippen LogP) is -0.642. The van der Waals surface area contributed by atoms with Gasteiger partial charge in [-0.3, -0.25) is 9.48 Å². The van der Waals surface area contributed by atoms with Crippen LogP contribution in [0, 0.1) is 11.3 Å². The van der Waals surface area contributed by atoms with Crippen LogP contribution in [0.2, 0.25) is 0 Å². The number of carbonyl (C=O) groups is 1. The van der Waals surface area contributed by atoms with Gasteiger partial charge in [0.2, 0.25) is 0 Å². The molecule has 1 aliphatic rings. The first-order chi connectivity index (χ1) is 7.72. The fourth-order valence-corrected chi connectivity index (χ4v) is 1.74. The van der Waals surface area contributed by atoms with Crippen molar-refractivity contribution in [2.45, 2.75) is 6.04 Å². The van der Waals surface area contributed by atoms with Gasteiger partial charge in [0.1, 0.15) is 11.7 Å². The smallest absolute Gasteiger partial charge is 0.275 e. The van der Waals surface area contributed by atoms with Crippen LogP contribution in [0.5, 0.6) is 0 Å². The van der Waals surface area contributed by atoms with Gasteiger partial charge in [0.05, 0.1) is 6.07 Å². The van der Waals surface area contributed by atoms with E-state index in [1.54, 1.807) is 28.9 Å². The summed E-state index contributed by atoms with van der Waals surface area (Å²) in [5.41, 5.74) is 0.393. The maximum absolute atomic E-state index is 12.1. The summed E-state index contributed by atoms with van der Waals surface area (Å²) in [7, 11) is 1.76. The summed E-state index contributed by atoms with van der Waals surface area (Å²) in [6.45, 7) is 1.79. The molecule has 16 heavy (non-hydrogen) atoms. The summed E-state index contributed by atoms with van der Waals surface area (Å²) in [6, 6.07) is 3.39. The van der Waals surface area contributed by atoms with Crippen LogP contribution in [0.15, 0.2) is 12.3 Å². The number of hydrogen-bond acceptors (Lipinski definition) is 4. The molecule has 0 bridgehead atoms. The van der Waals surface area contributed by atoms with Gasteiger partial charge in [0.25, 0.3) is 5.91 Å². The number of rotatable bonds is 1. The Morgan fingerprint density at radius 2 is 2.56 bits per heavy atom. The van der Waals surface area contributed by atoms with E-state index in [1.165, 1.54) is 0 Å². The molecule has 1 aliphatic heterocycles. The molecule has 1 saturated heterocycles. The lowest BCUT2D eigenvalue weighted by molar-refractivity contribution is 0.0680. The van der Waals surface area contributed by atoms with Crippen molar-refractivity contribution in [1.29, 1.82) is 5.26 Å². The number of carbonyl (C=O) groups excluding carboxylic acids is 1. The van der Waals surface area contributed by atoms with Crippen LogP contribution < -0.4 is 5.32 Å². The molecule has 6 heteroatoms. The SMILES string of the molecule is Cn1ccc(C(=O)N2CCNCC2C#N)n1. The average Bonchev–Trinajstić information content (AvgIpc) is 2.75. The zero-order chi connectivity index (χ0) is 11.5. The minimum absolute atomic E-state index is 0.173. The van der Waals surface area contributed by atoms with Crippen molar-refractivity contribution in [3.8, 4) is 6.07 Å². The molecule has 1 amide bonds. The van der Waals surface area contributed by atoms with E-state index in [-0.39, 0.29) is 5.91 Å². The van der Waals surface area contributed by atoms with E-state index in [2.05, 4.69) is 16.5 Å². The minimum atomic E-state index is -0.400. The second-order valence-electron chi connectivity index (χ2n) is 3.72. The molecule has 6 nitrogen and oxygen atoms in total. The molecule has 0 saturated carbocycles. The standard InChI is InChI=1S/C10H13N5O/c1-14-4-2-9(13-14)10(16)15-5-3-12-7-8(15)6-11/h2,4,8,12H,3,5,7H2,1H3. The largest absolute Gasteiger partial charge is 0.319 e. The molecule has 1 fully saturated rings. The summed E-state index contributed by atoms with van der Waals surface area (Å²) < 4.78 is 1.58. The van der Waals surface area contributed by atoms with Crippen LogP contribution in [0.1, 0.15) is 10.5 Å². The van der Waals surface area contributed by atoms with Crippen molar-refractivity contribution in [1.82, 2.24) is 20.0 Å². The van der Waals surface area contributed by atoms with Gasteiger partial charge in [0.15, 0.2) is 0 Å². The maximum atomic E-state index is 12.1. The van der Waals surface area contributed by atoms with Crippen molar-refractivity contribution >= 4 is 5.91 Å². The number of aromatic nitrogens is 2. The van der Waals surface area contributed by atoms with E-state index in [0.717, 1.165) is 6.54 Å². The third-order valence-electron chi connectivity index (χ3n) is 2.59. The number of piperazine rings is 1. The molecule has 84 valence electrons. The third-order valence-corrected chi connectivity index (χ3v) is 2.59. The lowest BCUT2D eigenvalue weighted by Gasteiger charge is -2.31. The van der Waals surface area contributed by atoms with Gasteiger partial charge in [0, 0.05) is 32.9 Å². The van der Waals surface area contributed by atoms with Crippen LogP contribution in [0.25, 0.3) is 0 Å². The maximum Gasteiger partial charge on any atom is 0.275 e. The topological polar surface area (TPSA) is 74.0 Å². The molecule has 1 unspecified atom stereocenters. The fourth-order valence-electron chi connectivity index (χ4n) is 1.74. The third kappa shape index (κ3) is 1.90. The quantitative estimate of drug-likeness (QED) is 0.681. The van der Waals surface area contributed by atoms with E-state index < -0.39 is 6.04 Å². The second kappa shape index (κ2) is 4.33. The van der Waals surface area contributed by atoms with Gasteiger partial charge in [-0.25, -0.2) is 0 Å². The number of nitrogens with zero attached hydrogens (tertiary/aromatic N) is 4. The number of aryl methyl sites for hydroxylation is 1. The predicted molar refractivity (Wildman–Crippen MR) is 56.5 cm³/mol. The number of nitriles is 1. The lowest BCUT2D eigenvalue weighted by Crippen LogP contribution is -2.53. The first-order valence-electron chi connectivity index (χ1n) is 5.13. The van der Waals surface area contributed by atoms with Crippen LogP contribution in [0.3, 0.4) is 0 Å². The number of nitrogens with one attached hydrogen (secondary N) is 1. The van der Waals surface area contributed by atoms with E-state index in [1.807, 2.05) is 0 Å². The Labute approximate surface area is 93.5 Å². The fraction of sp³-hybridized carbons (Fsp3) is 0.500. The highest BCUT2D eigenvalue weighted by Crippen LogP contribution is 2.08. The Kier molecular flexibility index (Phi) is 2.88. The van der Waals surface area contributed by atoms with Crippen LogP contribution in [-0.4, -0.2) is 46.3 Å². The Morgan fingerprint density at radius 1 is 1.75 bits per heavy atom. The van der Waals surface area contributed by atoms with Gasteiger partial charge in [-0.1, -0.05) is 0 Å². The Balaban J connectivity index is 2.17. The average molecular weight is 219 g/mol. The van der Waals surface area contributed by atoms with E-state index in [9.17, 15) is 4.79 Å². The first kappa shape index (κ1) is 10.6. The lowest BCUT2D eigenvalue weighted by atomic mass is 10.2. The number of amides is 1. The van der Waals surface area contributed by atoms with Crippen molar-refractivity contribution in [2.75, 3.05) is 19.6 Å². The summed E-state index contributed by atoms with van der Waals surface area (Å²) in [4.78, 5) is 13.6. The molecular formula is C10H13N5O. The summed E-state index contributed by atoms with van der Waals surface area (Å²) in [5.74, 6) is -0.173. The summed E-state index contributed by atoms with van der Waals surface area (Å²) in [5, 5.41) is 16.1. The van der Waals surface area contributed by atoms with Crippen LogP contribution in [-0.2, 0) is 7.05 Å². The second-order valence-corrected chi connectivity index (χ2v) is 3.72. The Bertz CT molecular complexity index is 433. The molecule has 0 radical (unpaired) electrons. The molecule has 1 atom stereocenters. The molecular weight excluding hydrogens is 206 g/mol. The van der Waals surface area contributed by atoms with Crippen molar-refractivity contribution < 1.29 is 4.79 Å². The molecule has 2 rings (SSSR count). The zero-order valence-electron chi connectivity index (χ0n) is 9.05. The molecule has 1 aromatic heterocycles. The van der Waals surface area contributed by atoms with Gasteiger partial charge in [-0.05, 0) is 6.07 Å². The van der Waals surface area contributed by atoms with E-state index in [0.29, 0.717) is 18.8 Å². The van der Waals surface area contributed by atoms with Gasteiger partial charge in [-0.2, -0.15) is 10.4 Å². The summed E-state index contributed by atoms with van der Waals surface area (Å²) >= 11 is 0. The Morgan fingerprint density at radius 3 is 3.19 bits per heavy atom. The molecule has 1 aromatic rings. The van der Waals surface area contributed by atoms with Gasteiger partial charge >= 0.3 is 0 Å². The molecule has 0 spiro atoms. The number of hydrogen-bond donors (Lipinski definition) is 1. The van der Waals surface area contributed by atoms with Crippen LogP contribution >= 0.6 is 0 Å².